The first kappa shape index (κ1) is 14.0. The summed E-state index contributed by atoms with van der Waals surface area (Å²) in [4.78, 5) is 0. The number of para-hydroxylation sites is 1. The second kappa shape index (κ2) is 5.31. The normalized spacial score (nSPS) is 16.5. The van der Waals surface area contributed by atoms with Crippen LogP contribution < -0.4 is 5.73 Å². The first-order valence-electron chi connectivity index (χ1n) is 6.59. The molecule has 0 saturated heterocycles. The Morgan fingerprint density at radius 3 is 2.74 bits per heavy atom. The molecule has 0 amide bonds. The molecule has 2 unspecified atom stereocenters. The molecular formula is C15H20FNO2. The van der Waals surface area contributed by atoms with Gasteiger partial charge in [0.15, 0.2) is 11.4 Å². The van der Waals surface area contributed by atoms with Gasteiger partial charge in [-0.15, -0.1) is 0 Å². The van der Waals surface area contributed by atoms with Crippen LogP contribution in [0.1, 0.15) is 39.0 Å². The van der Waals surface area contributed by atoms with Crippen LogP contribution in [0.4, 0.5) is 4.39 Å². The number of ether oxygens (including phenoxy) is 1. The van der Waals surface area contributed by atoms with Gasteiger partial charge in [-0.25, -0.2) is 4.39 Å². The van der Waals surface area contributed by atoms with Crippen LogP contribution in [0.2, 0.25) is 0 Å². The van der Waals surface area contributed by atoms with Gasteiger partial charge in [0.05, 0.1) is 11.6 Å². The lowest BCUT2D eigenvalue weighted by Crippen LogP contribution is -2.40. The van der Waals surface area contributed by atoms with Crippen molar-refractivity contribution >= 4 is 11.0 Å². The minimum Gasteiger partial charge on any atom is -0.456 e. The number of halogens is 1. The van der Waals surface area contributed by atoms with Crippen LogP contribution in [0.5, 0.6) is 0 Å². The molecule has 0 spiro atoms. The van der Waals surface area contributed by atoms with E-state index in [1.54, 1.807) is 12.1 Å². The molecule has 0 saturated carbocycles. The number of hydrogen-bond donors (Lipinski definition) is 1. The van der Waals surface area contributed by atoms with Crippen molar-refractivity contribution in [2.75, 3.05) is 6.61 Å². The van der Waals surface area contributed by atoms with Gasteiger partial charge in [0, 0.05) is 12.0 Å². The fourth-order valence-corrected chi connectivity index (χ4v) is 2.24. The maximum atomic E-state index is 13.6. The molecule has 0 aliphatic rings. The van der Waals surface area contributed by atoms with Crippen LogP contribution in [0.25, 0.3) is 11.0 Å². The molecule has 1 heterocycles. The van der Waals surface area contributed by atoms with E-state index >= 15 is 0 Å². The molecule has 3 nitrogen and oxygen atoms in total. The lowest BCUT2D eigenvalue weighted by Gasteiger charge is -2.33. The summed E-state index contributed by atoms with van der Waals surface area (Å²) in [6.45, 7) is 6.47. The lowest BCUT2D eigenvalue weighted by atomic mass is 9.92. The van der Waals surface area contributed by atoms with Gasteiger partial charge in [0.1, 0.15) is 5.76 Å². The van der Waals surface area contributed by atoms with Crippen LogP contribution in [0.15, 0.2) is 28.7 Å². The Morgan fingerprint density at radius 2 is 2.16 bits per heavy atom. The predicted octanol–water partition coefficient (Wildman–Crippen LogP) is 3.78. The number of fused-ring (bicyclic) bond motifs is 1. The van der Waals surface area contributed by atoms with Crippen molar-refractivity contribution in [2.24, 2.45) is 5.73 Å². The molecular weight excluding hydrogens is 245 g/mol. The third-order valence-corrected chi connectivity index (χ3v) is 3.66. The van der Waals surface area contributed by atoms with Crippen LogP contribution >= 0.6 is 0 Å². The fourth-order valence-electron chi connectivity index (χ4n) is 2.24. The zero-order chi connectivity index (χ0) is 14.0. The molecule has 4 heteroatoms. The summed E-state index contributed by atoms with van der Waals surface area (Å²) < 4.78 is 24.9. The summed E-state index contributed by atoms with van der Waals surface area (Å²) >= 11 is 0. The van der Waals surface area contributed by atoms with Crippen molar-refractivity contribution in [3.63, 3.8) is 0 Å². The molecule has 1 aromatic carbocycles. The van der Waals surface area contributed by atoms with Gasteiger partial charge in [-0.3, -0.25) is 0 Å². The van der Waals surface area contributed by atoms with E-state index in [0.717, 1.165) is 11.8 Å². The molecule has 19 heavy (non-hydrogen) atoms. The van der Waals surface area contributed by atoms with Crippen molar-refractivity contribution in [2.45, 2.75) is 38.8 Å². The Labute approximate surface area is 112 Å². The highest BCUT2D eigenvalue weighted by atomic mass is 19.1. The molecule has 0 bridgehead atoms. The summed E-state index contributed by atoms with van der Waals surface area (Å²) in [6, 6.07) is 6.20. The SMILES string of the molecule is CCOC(C)(CC)C(N)c1cc2cccc(F)c2o1. The largest absolute Gasteiger partial charge is 0.456 e. The molecule has 0 radical (unpaired) electrons. The number of benzene rings is 1. The smallest absolute Gasteiger partial charge is 0.169 e. The Bertz CT molecular complexity index is 566. The summed E-state index contributed by atoms with van der Waals surface area (Å²) in [5.74, 6) is 0.184. The maximum Gasteiger partial charge on any atom is 0.169 e. The highest BCUT2D eigenvalue weighted by molar-refractivity contribution is 5.78. The molecule has 0 fully saturated rings. The third kappa shape index (κ3) is 2.51. The van der Waals surface area contributed by atoms with E-state index in [2.05, 4.69) is 0 Å². The van der Waals surface area contributed by atoms with E-state index < -0.39 is 11.6 Å². The van der Waals surface area contributed by atoms with Crippen molar-refractivity contribution in [3.8, 4) is 0 Å². The van der Waals surface area contributed by atoms with E-state index in [0.29, 0.717) is 12.4 Å². The molecule has 2 aromatic rings. The number of rotatable bonds is 5. The highest BCUT2D eigenvalue weighted by Crippen LogP contribution is 2.33. The minimum absolute atomic E-state index is 0.253. The maximum absolute atomic E-state index is 13.6. The zero-order valence-electron chi connectivity index (χ0n) is 11.6. The van der Waals surface area contributed by atoms with E-state index in [1.165, 1.54) is 6.07 Å². The van der Waals surface area contributed by atoms with Crippen LogP contribution in [0, 0.1) is 5.82 Å². The Morgan fingerprint density at radius 1 is 1.42 bits per heavy atom. The first-order valence-corrected chi connectivity index (χ1v) is 6.59. The monoisotopic (exact) mass is 265 g/mol. The second-order valence-electron chi connectivity index (χ2n) is 4.88. The third-order valence-electron chi connectivity index (χ3n) is 3.66. The second-order valence-corrected chi connectivity index (χ2v) is 4.88. The summed E-state index contributed by atoms with van der Waals surface area (Å²) in [5, 5.41) is 0.723. The number of hydrogen-bond acceptors (Lipinski definition) is 3. The first-order chi connectivity index (χ1) is 9.01. The average Bonchev–Trinajstić information content (AvgIpc) is 2.83. The van der Waals surface area contributed by atoms with Gasteiger partial charge in [0.25, 0.3) is 0 Å². The van der Waals surface area contributed by atoms with Gasteiger partial charge in [-0.05, 0) is 32.4 Å². The molecule has 2 rings (SSSR count). The van der Waals surface area contributed by atoms with Crippen molar-refractivity contribution in [3.05, 3.63) is 35.8 Å². The van der Waals surface area contributed by atoms with Gasteiger partial charge >= 0.3 is 0 Å². The molecule has 0 aliphatic carbocycles. The summed E-state index contributed by atoms with van der Waals surface area (Å²) in [7, 11) is 0. The van der Waals surface area contributed by atoms with Crippen molar-refractivity contribution in [1.82, 2.24) is 0 Å². The van der Waals surface area contributed by atoms with Gasteiger partial charge < -0.3 is 14.9 Å². The minimum atomic E-state index is -0.515. The number of furan rings is 1. The van der Waals surface area contributed by atoms with Gasteiger partial charge in [-0.1, -0.05) is 19.1 Å². The Kier molecular flexibility index (Phi) is 3.92. The predicted molar refractivity (Wildman–Crippen MR) is 73.4 cm³/mol. The van der Waals surface area contributed by atoms with E-state index in [-0.39, 0.29) is 11.4 Å². The number of nitrogens with two attached hydrogens (primary N) is 1. The Balaban J connectivity index is 2.40. The van der Waals surface area contributed by atoms with Crippen molar-refractivity contribution in [1.29, 1.82) is 0 Å². The van der Waals surface area contributed by atoms with E-state index in [9.17, 15) is 4.39 Å². The molecule has 1 aromatic heterocycles. The average molecular weight is 265 g/mol. The molecule has 2 atom stereocenters. The fraction of sp³-hybridized carbons (Fsp3) is 0.467. The van der Waals surface area contributed by atoms with Gasteiger partial charge in [-0.2, -0.15) is 0 Å². The lowest BCUT2D eigenvalue weighted by molar-refractivity contribution is -0.0511. The topological polar surface area (TPSA) is 48.4 Å². The van der Waals surface area contributed by atoms with Crippen LogP contribution in [-0.2, 0) is 4.74 Å². The molecule has 104 valence electrons. The molecule has 2 N–H and O–H groups in total. The quantitative estimate of drug-likeness (QED) is 0.895. The van der Waals surface area contributed by atoms with E-state index in [1.807, 2.05) is 26.8 Å². The van der Waals surface area contributed by atoms with E-state index in [4.69, 9.17) is 14.9 Å². The summed E-state index contributed by atoms with van der Waals surface area (Å²) in [6.07, 6.45) is 0.752. The van der Waals surface area contributed by atoms with Crippen LogP contribution in [-0.4, -0.2) is 12.2 Å². The van der Waals surface area contributed by atoms with Crippen LogP contribution in [0.3, 0.4) is 0 Å². The van der Waals surface area contributed by atoms with Gasteiger partial charge in [0.2, 0.25) is 0 Å². The van der Waals surface area contributed by atoms with Crippen molar-refractivity contribution < 1.29 is 13.5 Å². The highest BCUT2D eigenvalue weighted by Gasteiger charge is 2.34. The Hall–Kier alpha value is -1.39. The standard InChI is InChI=1S/C15H20FNO2/c1-4-15(3,18-5-2)14(17)12-9-10-7-6-8-11(16)13(10)19-12/h6-9,14H,4-5,17H2,1-3H3. The molecule has 0 aliphatic heterocycles. The summed E-state index contributed by atoms with van der Waals surface area (Å²) in [5.41, 5.74) is 5.98. The zero-order valence-corrected chi connectivity index (χ0v) is 11.6.